The number of ether oxygens (including phenoxy) is 2. The van der Waals surface area contributed by atoms with Crippen LogP contribution in [0.4, 0.5) is 4.79 Å². The summed E-state index contributed by atoms with van der Waals surface area (Å²) >= 11 is 0. The van der Waals surface area contributed by atoms with Crippen LogP contribution in [0.5, 0.6) is 5.75 Å². The number of piperazine rings is 1. The number of carbonyl (C=O) groups is 2. The van der Waals surface area contributed by atoms with Gasteiger partial charge in [0.05, 0.1) is 6.61 Å². The number of rotatable bonds is 7. The van der Waals surface area contributed by atoms with E-state index in [1.54, 1.807) is 17.0 Å². The Morgan fingerprint density at radius 3 is 2.69 bits per heavy atom. The van der Waals surface area contributed by atoms with Crippen LogP contribution in [0.2, 0.25) is 0 Å². The van der Waals surface area contributed by atoms with Crippen molar-refractivity contribution in [3.8, 4) is 5.75 Å². The molecule has 2 aromatic carbocycles. The third kappa shape index (κ3) is 7.07. The number of hydrogen-bond acceptors (Lipinski definition) is 5. The van der Waals surface area contributed by atoms with E-state index in [0.29, 0.717) is 31.0 Å². The van der Waals surface area contributed by atoms with Crippen molar-refractivity contribution >= 4 is 24.3 Å². The average Bonchev–Trinajstić information content (AvgIpc) is 2.73. The van der Waals surface area contributed by atoms with E-state index in [9.17, 15) is 9.59 Å². The van der Waals surface area contributed by atoms with Crippen molar-refractivity contribution < 1.29 is 19.1 Å². The van der Waals surface area contributed by atoms with Crippen molar-refractivity contribution in [3.63, 3.8) is 0 Å². The first-order chi connectivity index (χ1) is 13.6. The molecule has 0 aromatic heterocycles. The lowest BCUT2D eigenvalue weighted by atomic mass is 10.1. The highest BCUT2D eigenvalue weighted by atomic mass is 35.5. The lowest BCUT2D eigenvalue weighted by Gasteiger charge is -2.33. The van der Waals surface area contributed by atoms with E-state index in [0.717, 1.165) is 18.5 Å². The summed E-state index contributed by atoms with van der Waals surface area (Å²) < 4.78 is 11.2. The summed E-state index contributed by atoms with van der Waals surface area (Å²) in [5, 5.41) is 3.41. The molecular formula is C22H27ClN2O4. The number of Topliss-reactive ketones (excluding diaryl/α,β-unsaturated/α-hetero) is 1. The maximum Gasteiger partial charge on any atom is 0.410 e. The zero-order valence-corrected chi connectivity index (χ0v) is 17.3. The van der Waals surface area contributed by atoms with Gasteiger partial charge in [-0.2, -0.15) is 0 Å². The van der Waals surface area contributed by atoms with E-state index >= 15 is 0 Å². The molecule has 3 rings (SSSR count). The summed E-state index contributed by atoms with van der Waals surface area (Å²) in [5.41, 5.74) is 1.62. The molecule has 6 nitrogen and oxygen atoms in total. The van der Waals surface area contributed by atoms with Gasteiger partial charge in [0.25, 0.3) is 0 Å². The Morgan fingerprint density at radius 2 is 1.93 bits per heavy atom. The fourth-order valence-corrected chi connectivity index (χ4v) is 3.12. The van der Waals surface area contributed by atoms with E-state index in [2.05, 4.69) is 5.32 Å². The van der Waals surface area contributed by atoms with Gasteiger partial charge in [-0.05, 0) is 31.0 Å². The lowest BCUT2D eigenvalue weighted by molar-refractivity contribution is 0.0827. The van der Waals surface area contributed by atoms with Crippen molar-refractivity contribution in [2.45, 2.75) is 26.0 Å². The van der Waals surface area contributed by atoms with Crippen molar-refractivity contribution in [1.29, 1.82) is 0 Å². The molecule has 29 heavy (non-hydrogen) atoms. The number of benzene rings is 2. The van der Waals surface area contributed by atoms with Gasteiger partial charge in [-0.15, -0.1) is 12.4 Å². The first-order valence-electron chi connectivity index (χ1n) is 9.54. The van der Waals surface area contributed by atoms with Gasteiger partial charge in [-0.1, -0.05) is 42.5 Å². The van der Waals surface area contributed by atoms with E-state index in [4.69, 9.17) is 9.47 Å². The van der Waals surface area contributed by atoms with Gasteiger partial charge in [0.2, 0.25) is 0 Å². The molecule has 7 heteroatoms. The summed E-state index contributed by atoms with van der Waals surface area (Å²) in [7, 11) is 0. The quantitative estimate of drug-likeness (QED) is 0.694. The predicted molar refractivity (Wildman–Crippen MR) is 114 cm³/mol. The zero-order valence-electron chi connectivity index (χ0n) is 16.5. The number of hydrogen-bond donors (Lipinski definition) is 1. The van der Waals surface area contributed by atoms with Gasteiger partial charge in [0.1, 0.15) is 12.4 Å². The van der Waals surface area contributed by atoms with Gasteiger partial charge in [-0.3, -0.25) is 4.79 Å². The highest BCUT2D eigenvalue weighted by Gasteiger charge is 2.24. The van der Waals surface area contributed by atoms with Crippen LogP contribution in [0, 0.1) is 0 Å². The fourth-order valence-electron chi connectivity index (χ4n) is 3.12. The van der Waals surface area contributed by atoms with Crippen LogP contribution in [-0.4, -0.2) is 49.1 Å². The molecule has 1 aliphatic heterocycles. The Morgan fingerprint density at radius 1 is 1.14 bits per heavy atom. The molecule has 0 aliphatic carbocycles. The minimum Gasteiger partial charge on any atom is -0.494 e. The smallest absolute Gasteiger partial charge is 0.410 e. The van der Waals surface area contributed by atoms with Crippen LogP contribution < -0.4 is 10.1 Å². The van der Waals surface area contributed by atoms with Crippen LogP contribution in [0.3, 0.4) is 0 Å². The molecule has 2 aromatic rings. The van der Waals surface area contributed by atoms with Crippen molar-refractivity contribution in [2.24, 2.45) is 0 Å². The van der Waals surface area contributed by atoms with Crippen LogP contribution >= 0.6 is 12.4 Å². The number of ketones is 1. The molecule has 1 atom stereocenters. The minimum atomic E-state index is -0.287. The van der Waals surface area contributed by atoms with Crippen LogP contribution in [-0.2, 0) is 11.3 Å². The molecule has 0 bridgehead atoms. The summed E-state index contributed by atoms with van der Waals surface area (Å²) in [6.45, 7) is 4.27. The molecule has 0 unspecified atom stereocenters. The number of amides is 1. The number of nitrogens with zero attached hydrogens (tertiary/aromatic N) is 1. The summed E-state index contributed by atoms with van der Waals surface area (Å²) in [6.07, 6.45) is 0.470. The van der Waals surface area contributed by atoms with Gasteiger partial charge in [0.15, 0.2) is 5.78 Å². The summed E-state index contributed by atoms with van der Waals surface area (Å²) in [4.78, 5) is 25.5. The van der Waals surface area contributed by atoms with Crippen molar-refractivity contribution in [3.05, 3.63) is 65.7 Å². The number of halogens is 1. The van der Waals surface area contributed by atoms with E-state index in [1.807, 2.05) is 42.5 Å². The lowest BCUT2D eigenvalue weighted by Crippen LogP contribution is -2.53. The molecule has 1 saturated heterocycles. The molecule has 156 valence electrons. The van der Waals surface area contributed by atoms with E-state index < -0.39 is 0 Å². The molecule has 1 N–H and O–H groups in total. The second-order valence-electron chi connectivity index (χ2n) is 6.86. The van der Waals surface area contributed by atoms with Gasteiger partial charge in [0, 0.05) is 31.2 Å². The van der Waals surface area contributed by atoms with Gasteiger partial charge >= 0.3 is 6.09 Å². The molecule has 1 fully saturated rings. The van der Waals surface area contributed by atoms with Crippen LogP contribution in [0.25, 0.3) is 0 Å². The van der Waals surface area contributed by atoms with Gasteiger partial charge < -0.3 is 19.7 Å². The Hall–Kier alpha value is -2.57. The van der Waals surface area contributed by atoms with Gasteiger partial charge in [-0.25, -0.2) is 4.79 Å². The second-order valence-corrected chi connectivity index (χ2v) is 6.86. The van der Waals surface area contributed by atoms with Crippen molar-refractivity contribution in [1.82, 2.24) is 10.2 Å². The molecule has 0 spiro atoms. The Balaban J connectivity index is 0.00000300. The SMILES string of the molecule is CC(=O)c1cccc(OCC[C@@H]2CN(C(=O)OCc3ccccc3)CCN2)c1.Cl. The molecule has 1 aliphatic rings. The topological polar surface area (TPSA) is 67.9 Å². The number of carbonyl (C=O) groups excluding carboxylic acids is 2. The summed E-state index contributed by atoms with van der Waals surface area (Å²) in [5.74, 6) is 0.701. The van der Waals surface area contributed by atoms with Crippen molar-refractivity contribution in [2.75, 3.05) is 26.2 Å². The zero-order chi connectivity index (χ0) is 19.8. The monoisotopic (exact) mass is 418 g/mol. The third-order valence-corrected chi connectivity index (χ3v) is 4.69. The Bertz CT molecular complexity index is 800. The standard InChI is InChI=1S/C22H26N2O4.ClH/c1-17(25)19-8-5-9-21(14-19)27-13-10-20-15-24(12-11-23-20)22(26)28-16-18-6-3-2-4-7-18;/h2-9,14,20,23H,10-13,15-16H2,1H3;1H/t20-;/m1./s1. The largest absolute Gasteiger partial charge is 0.494 e. The average molecular weight is 419 g/mol. The predicted octanol–water partition coefficient (Wildman–Crippen LogP) is 3.69. The maximum absolute atomic E-state index is 12.3. The van der Waals surface area contributed by atoms with E-state index in [-0.39, 0.29) is 36.9 Å². The second kappa shape index (κ2) is 11.4. The maximum atomic E-state index is 12.3. The first kappa shape index (κ1) is 22.7. The molecule has 1 amide bonds. The fraction of sp³-hybridized carbons (Fsp3) is 0.364. The molecule has 0 saturated carbocycles. The Labute approximate surface area is 177 Å². The third-order valence-electron chi connectivity index (χ3n) is 4.69. The first-order valence-corrected chi connectivity index (χ1v) is 9.54. The normalized spacial score (nSPS) is 15.9. The number of nitrogens with one attached hydrogen (secondary N) is 1. The highest BCUT2D eigenvalue weighted by molar-refractivity contribution is 5.94. The molecule has 0 radical (unpaired) electrons. The van der Waals surface area contributed by atoms with E-state index in [1.165, 1.54) is 6.92 Å². The van der Waals surface area contributed by atoms with Crippen LogP contribution in [0.1, 0.15) is 29.3 Å². The van der Waals surface area contributed by atoms with Crippen LogP contribution in [0.15, 0.2) is 54.6 Å². The molecule has 1 heterocycles. The Kier molecular flexibility index (Phi) is 8.96. The molecular weight excluding hydrogens is 392 g/mol. The highest BCUT2D eigenvalue weighted by Crippen LogP contribution is 2.15. The minimum absolute atomic E-state index is 0. The summed E-state index contributed by atoms with van der Waals surface area (Å²) in [6, 6.07) is 17.0.